The average Bonchev–Trinajstić information content (AvgIpc) is 1.97. The second kappa shape index (κ2) is 4.25. The molecule has 0 aromatic rings. The number of unbranched alkanes of at least 4 members (excludes halogenated alkanes) is 1. The van der Waals surface area contributed by atoms with Gasteiger partial charge in [0.05, 0.1) is 0 Å². The average molecular weight is 221 g/mol. The van der Waals surface area contributed by atoms with Gasteiger partial charge in [-0.1, -0.05) is 17.8 Å². The van der Waals surface area contributed by atoms with E-state index in [-0.39, 0.29) is 6.42 Å². The topological polar surface area (TPSA) is 57.6 Å². The fraction of sp³-hybridized carbons (Fsp3) is 1.00. The lowest BCUT2D eigenvalue weighted by Crippen LogP contribution is -2.39. The van der Waals surface area contributed by atoms with Crippen LogP contribution in [-0.2, 0) is 10.0 Å². The van der Waals surface area contributed by atoms with Crippen LogP contribution in [0.25, 0.3) is 0 Å². The molecule has 1 N–H and O–H groups in total. The van der Waals surface area contributed by atoms with Crippen molar-refractivity contribution in [2.24, 2.45) is 0 Å². The van der Waals surface area contributed by atoms with Crippen LogP contribution in [0, 0.1) is 0 Å². The summed E-state index contributed by atoms with van der Waals surface area (Å²) in [6.45, 7) is 1.12. The zero-order valence-corrected chi connectivity index (χ0v) is 7.69. The molecule has 0 radical (unpaired) electrons. The molecule has 13 heavy (non-hydrogen) atoms. The highest BCUT2D eigenvalue weighted by atomic mass is 32.2. The number of hydrogen-bond donors (Lipinski definition) is 1. The van der Waals surface area contributed by atoms with Gasteiger partial charge in [0.2, 0.25) is 0 Å². The fourth-order valence-electron chi connectivity index (χ4n) is 0.533. The van der Waals surface area contributed by atoms with Gasteiger partial charge in [0.1, 0.15) is 0 Å². The van der Waals surface area contributed by atoms with Gasteiger partial charge in [0.25, 0.3) is 0 Å². The molecule has 0 unspecified atom stereocenters. The highest BCUT2D eigenvalue weighted by molar-refractivity contribution is 7.89. The highest BCUT2D eigenvalue weighted by Gasteiger charge is 2.49. The van der Waals surface area contributed by atoms with E-state index in [9.17, 15) is 21.6 Å². The van der Waals surface area contributed by atoms with Gasteiger partial charge in [-0.05, 0) is 6.42 Å². The van der Waals surface area contributed by atoms with Crippen molar-refractivity contribution in [2.75, 3.05) is 6.54 Å². The molecule has 0 saturated carbocycles. The van der Waals surface area contributed by atoms with Crippen LogP contribution in [0.5, 0.6) is 0 Å². The lowest BCUT2D eigenvalue weighted by molar-refractivity contribution is -0.0751. The lowest BCUT2D eigenvalue weighted by atomic mass is 10.3. The van der Waals surface area contributed by atoms with Crippen molar-refractivity contribution in [3.8, 4) is 0 Å². The number of alkyl halides is 3. The van der Waals surface area contributed by atoms with Gasteiger partial charge < -0.3 is 0 Å². The molecule has 0 spiro atoms. The molecule has 0 amide bonds. The van der Waals surface area contributed by atoms with Crippen LogP contribution in [0.15, 0.2) is 0 Å². The van der Waals surface area contributed by atoms with E-state index in [0.717, 1.165) is 0 Å². The molecule has 0 aromatic carbocycles. The standard InChI is InChI=1S/C5H10F3NO3S/c1-2-3-4-9(10)13(11,12)5(6,7)8/h10H,2-4H2,1H3. The van der Waals surface area contributed by atoms with Crippen LogP contribution < -0.4 is 0 Å². The SMILES string of the molecule is CCCCN(O)S(=O)(=O)C(F)(F)F. The first-order valence-corrected chi connectivity index (χ1v) is 4.95. The van der Waals surface area contributed by atoms with Crippen LogP contribution in [0.3, 0.4) is 0 Å². The van der Waals surface area contributed by atoms with E-state index in [1.54, 1.807) is 6.92 Å². The van der Waals surface area contributed by atoms with E-state index < -0.39 is 26.5 Å². The summed E-state index contributed by atoms with van der Waals surface area (Å²) in [5, 5.41) is 8.57. The lowest BCUT2D eigenvalue weighted by Gasteiger charge is -2.15. The first-order valence-electron chi connectivity index (χ1n) is 3.51. The smallest absolute Gasteiger partial charge is 0.299 e. The molecule has 0 saturated heterocycles. The van der Waals surface area contributed by atoms with E-state index in [4.69, 9.17) is 5.21 Å². The Kier molecular flexibility index (Phi) is 4.14. The van der Waals surface area contributed by atoms with E-state index in [0.29, 0.717) is 6.42 Å². The molecule has 0 fully saturated rings. The maximum atomic E-state index is 11.7. The van der Waals surface area contributed by atoms with Gasteiger partial charge in [-0.25, -0.2) is 8.42 Å². The normalized spacial score (nSPS) is 13.7. The molecule has 0 aliphatic rings. The monoisotopic (exact) mass is 221 g/mol. The van der Waals surface area contributed by atoms with Gasteiger partial charge in [-0.3, -0.25) is 5.21 Å². The maximum Gasteiger partial charge on any atom is 0.513 e. The zero-order chi connectivity index (χ0) is 10.7. The molecule has 0 atom stereocenters. The van der Waals surface area contributed by atoms with Gasteiger partial charge in [0, 0.05) is 6.54 Å². The molecule has 80 valence electrons. The summed E-state index contributed by atoms with van der Waals surface area (Å²) >= 11 is 0. The summed E-state index contributed by atoms with van der Waals surface area (Å²) in [5.74, 6) is 0. The van der Waals surface area contributed by atoms with Crippen molar-refractivity contribution in [3.63, 3.8) is 0 Å². The van der Waals surface area contributed by atoms with Gasteiger partial charge in [-0.2, -0.15) is 13.2 Å². The van der Waals surface area contributed by atoms with Crippen LogP contribution in [0.4, 0.5) is 13.2 Å². The summed E-state index contributed by atoms with van der Waals surface area (Å²) < 4.78 is 55.3. The first-order chi connectivity index (χ1) is 5.73. The largest absolute Gasteiger partial charge is 0.513 e. The van der Waals surface area contributed by atoms with Crippen molar-refractivity contribution in [2.45, 2.75) is 25.3 Å². The van der Waals surface area contributed by atoms with Crippen molar-refractivity contribution < 1.29 is 26.8 Å². The predicted molar refractivity (Wildman–Crippen MR) is 38.4 cm³/mol. The Bertz CT molecular complexity index is 248. The Hall–Kier alpha value is -0.340. The summed E-state index contributed by atoms with van der Waals surface area (Å²) in [6.07, 6.45) is 0.663. The van der Waals surface area contributed by atoms with Crippen molar-refractivity contribution in [1.82, 2.24) is 4.47 Å². The molecule has 0 aromatic heterocycles. The Balaban J connectivity index is 4.48. The third-order valence-electron chi connectivity index (χ3n) is 1.27. The fourth-order valence-corrected chi connectivity index (χ4v) is 1.14. The van der Waals surface area contributed by atoms with E-state index in [2.05, 4.69) is 0 Å². The predicted octanol–water partition coefficient (Wildman–Crippen LogP) is 1.33. The second-order valence-electron chi connectivity index (χ2n) is 2.35. The third kappa shape index (κ3) is 3.12. The minimum atomic E-state index is -5.56. The Morgan fingerprint density at radius 1 is 1.38 bits per heavy atom. The van der Waals surface area contributed by atoms with Gasteiger partial charge in [-0.15, -0.1) is 0 Å². The van der Waals surface area contributed by atoms with Crippen LogP contribution in [0.1, 0.15) is 19.8 Å². The molecule has 4 nitrogen and oxygen atoms in total. The van der Waals surface area contributed by atoms with Crippen molar-refractivity contribution >= 4 is 10.0 Å². The van der Waals surface area contributed by atoms with E-state index in [1.807, 2.05) is 0 Å². The summed E-state index contributed by atoms with van der Waals surface area (Å²) in [4.78, 5) is 0. The summed E-state index contributed by atoms with van der Waals surface area (Å²) in [7, 11) is -5.56. The van der Waals surface area contributed by atoms with Crippen LogP contribution >= 0.6 is 0 Å². The molecular formula is C5H10F3NO3S. The van der Waals surface area contributed by atoms with Crippen molar-refractivity contribution in [1.29, 1.82) is 0 Å². The van der Waals surface area contributed by atoms with Gasteiger partial charge in [0.15, 0.2) is 0 Å². The minimum Gasteiger partial charge on any atom is -0.299 e. The number of nitrogens with zero attached hydrogens (tertiary/aromatic N) is 1. The Morgan fingerprint density at radius 3 is 2.15 bits per heavy atom. The van der Waals surface area contributed by atoms with Crippen LogP contribution in [-0.4, -0.2) is 30.1 Å². The van der Waals surface area contributed by atoms with E-state index >= 15 is 0 Å². The second-order valence-corrected chi connectivity index (χ2v) is 4.18. The Labute approximate surface area is 74.0 Å². The number of halogens is 3. The summed E-state index contributed by atoms with van der Waals surface area (Å²) in [5.41, 5.74) is -5.44. The minimum absolute atomic E-state index is 0.172. The van der Waals surface area contributed by atoms with E-state index in [1.165, 1.54) is 0 Å². The maximum absolute atomic E-state index is 11.7. The number of rotatable bonds is 4. The van der Waals surface area contributed by atoms with Crippen LogP contribution in [0.2, 0.25) is 0 Å². The molecule has 0 aliphatic carbocycles. The number of hydroxylamine groups is 1. The van der Waals surface area contributed by atoms with Crippen molar-refractivity contribution in [3.05, 3.63) is 0 Å². The molecule has 0 bridgehead atoms. The first kappa shape index (κ1) is 12.7. The quantitative estimate of drug-likeness (QED) is 0.728. The highest BCUT2D eigenvalue weighted by Crippen LogP contribution is 2.25. The zero-order valence-electron chi connectivity index (χ0n) is 6.87. The molecule has 8 heteroatoms. The number of hydrogen-bond acceptors (Lipinski definition) is 3. The Morgan fingerprint density at radius 2 is 1.85 bits per heavy atom. The molecule has 0 aliphatic heterocycles. The molecule has 0 heterocycles. The third-order valence-corrected chi connectivity index (χ3v) is 2.60. The molecule has 0 rings (SSSR count). The van der Waals surface area contributed by atoms with Gasteiger partial charge >= 0.3 is 15.5 Å². The summed E-state index contributed by atoms with van der Waals surface area (Å²) in [6, 6.07) is 0. The molecular weight excluding hydrogens is 211 g/mol. The number of sulfonamides is 1.